The Morgan fingerprint density at radius 2 is 2.05 bits per heavy atom. The molecular weight excluding hydrogens is 310 g/mol. The average molecular weight is 324 g/mol. The third-order valence-electron chi connectivity index (χ3n) is 2.43. The lowest BCUT2D eigenvalue weighted by molar-refractivity contribution is 0.362. The van der Waals surface area contributed by atoms with E-state index in [2.05, 4.69) is 25.9 Å². The fourth-order valence-corrected chi connectivity index (χ4v) is 1.90. The second-order valence-corrected chi connectivity index (χ2v) is 5.93. The number of rotatable bonds is 2. The fourth-order valence-electron chi connectivity index (χ4n) is 1.55. The molecule has 0 aromatic carbocycles. The van der Waals surface area contributed by atoms with Gasteiger partial charge in [-0.2, -0.15) is 0 Å². The molecule has 19 heavy (non-hydrogen) atoms. The second kappa shape index (κ2) is 5.13. The summed E-state index contributed by atoms with van der Waals surface area (Å²) in [5.74, 6) is 0.503. The van der Waals surface area contributed by atoms with Crippen LogP contribution in [-0.4, -0.2) is 14.5 Å². The highest BCUT2D eigenvalue weighted by molar-refractivity contribution is 9.10. The minimum Gasteiger partial charge on any atom is -0.433 e. The zero-order valence-electron chi connectivity index (χ0n) is 10.9. The highest BCUT2D eigenvalue weighted by atomic mass is 79.9. The Balaban J connectivity index is 2.40. The first-order chi connectivity index (χ1) is 8.88. The van der Waals surface area contributed by atoms with Gasteiger partial charge in [-0.3, -0.25) is 9.78 Å². The van der Waals surface area contributed by atoms with Crippen molar-refractivity contribution in [3.63, 3.8) is 0 Å². The average Bonchev–Trinajstić information content (AvgIpc) is 2.30. The standard InChI is InChI=1S/C13H14BrN3O2/c1-13(2,3)17-5-4-16-11(12(17)18)19-10-6-9(14)7-15-8-10/h4-8H,1-3H3. The van der Waals surface area contributed by atoms with E-state index in [1.54, 1.807) is 29.2 Å². The minimum absolute atomic E-state index is 0.0392. The third-order valence-corrected chi connectivity index (χ3v) is 2.86. The third kappa shape index (κ3) is 3.20. The maximum atomic E-state index is 12.2. The van der Waals surface area contributed by atoms with E-state index in [-0.39, 0.29) is 17.0 Å². The number of aromatic nitrogens is 3. The van der Waals surface area contributed by atoms with Gasteiger partial charge in [-0.05, 0) is 42.8 Å². The van der Waals surface area contributed by atoms with Crippen LogP contribution in [0.5, 0.6) is 11.6 Å². The summed E-state index contributed by atoms with van der Waals surface area (Å²) in [5, 5.41) is 0. The van der Waals surface area contributed by atoms with E-state index in [0.29, 0.717) is 5.75 Å². The molecule has 5 nitrogen and oxygen atoms in total. The van der Waals surface area contributed by atoms with Crippen LogP contribution in [0.1, 0.15) is 20.8 Å². The quantitative estimate of drug-likeness (QED) is 0.852. The predicted molar refractivity (Wildman–Crippen MR) is 75.5 cm³/mol. The van der Waals surface area contributed by atoms with Gasteiger partial charge in [0.05, 0.1) is 6.20 Å². The van der Waals surface area contributed by atoms with Gasteiger partial charge in [0, 0.05) is 28.6 Å². The Morgan fingerprint density at radius 1 is 1.32 bits per heavy atom. The lowest BCUT2D eigenvalue weighted by Crippen LogP contribution is -2.34. The molecule has 0 aliphatic rings. The zero-order chi connectivity index (χ0) is 14.0. The van der Waals surface area contributed by atoms with Crippen LogP contribution in [0, 0.1) is 0 Å². The van der Waals surface area contributed by atoms with Crippen molar-refractivity contribution in [2.24, 2.45) is 0 Å². The first-order valence-corrected chi connectivity index (χ1v) is 6.54. The monoisotopic (exact) mass is 323 g/mol. The summed E-state index contributed by atoms with van der Waals surface area (Å²) in [6.45, 7) is 5.83. The molecule has 2 aromatic heterocycles. The van der Waals surface area contributed by atoms with Crippen molar-refractivity contribution < 1.29 is 4.74 Å². The summed E-state index contributed by atoms with van der Waals surface area (Å²) in [5.41, 5.74) is -0.594. The Morgan fingerprint density at radius 3 is 2.68 bits per heavy atom. The smallest absolute Gasteiger partial charge is 0.314 e. The molecule has 0 aliphatic heterocycles. The van der Waals surface area contributed by atoms with Crippen LogP contribution in [0.25, 0.3) is 0 Å². The second-order valence-electron chi connectivity index (χ2n) is 5.02. The summed E-state index contributed by atoms with van der Waals surface area (Å²) in [6, 6.07) is 1.72. The number of nitrogens with zero attached hydrogens (tertiary/aromatic N) is 3. The van der Waals surface area contributed by atoms with E-state index in [0.717, 1.165) is 4.47 Å². The maximum Gasteiger partial charge on any atom is 0.314 e. The van der Waals surface area contributed by atoms with E-state index in [9.17, 15) is 4.79 Å². The van der Waals surface area contributed by atoms with Crippen molar-refractivity contribution in [2.75, 3.05) is 0 Å². The molecule has 0 atom stereocenters. The van der Waals surface area contributed by atoms with Gasteiger partial charge in [0.25, 0.3) is 5.88 Å². The molecule has 0 amide bonds. The van der Waals surface area contributed by atoms with Gasteiger partial charge in [0.2, 0.25) is 0 Å². The Kier molecular flexibility index (Phi) is 3.71. The van der Waals surface area contributed by atoms with Gasteiger partial charge < -0.3 is 9.30 Å². The minimum atomic E-state index is -0.326. The van der Waals surface area contributed by atoms with Gasteiger partial charge in [0.1, 0.15) is 5.75 Å². The van der Waals surface area contributed by atoms with Crippen molar-refractivity contribution in [3.8, 4) is 11.6 Å². The van der Waals surface area contributed by atoms with Gasteiger partial charge in [-0.15, -0.1) is 0 Å². The number of ether oxygens (including phenoxy) is 1. The molecule has 0 fully saturated rings. The van der Waals surface area contributed by atoms with E-state index in [1.807, 2.05) is 20.8 Å². The van der Waals surface area contributed by atoms with Crippen molar-refractivity contribution in [2.45, 2.75) is 26.3 Å². The molecule has 2 heterocycles. The number of hydrogen-bond acceptors (Lipinski definition) is 4. The van der Waals surface area contributed by atoms with Gasteiger partial charge >= 0.3 is 5.56 Å². The van der Waals surface area contributed by atoms with Gasteiger partial charge in [-0.25, -0.2) is 4.98 Å². The van der Waals surface area contributed by atoms with Crippen molar-refractivity contribution >= 4 is 15.9 Å². The van der Waals surface area contributed by atoms with Crippen molar-refractivity contribution in [3.05, 3.63) is 45.7 Å². The van der Waals surface area contributed by atoms with Gasteiger partial charge in [0.15, 0.2) is 0 Å². The molecule has 2 rings (SSSR count). The largest absolute Gasteiger partial charge is 0.433 e. The summed E-state index contributed by atoms with van der Waals surface area (Å²) in [7, 11) is 0. The number of halogens is 1. The van der Waals surface area contributed by atoms with Crippen LogP contribution >= 0.6 is 15.9 Å². The van der Waals surface area contributed by atoms with E-state index in [4.69, 9.17) is 4.74 Å². The predicted octanol–water partition coefficient (Wildman–Crippen LogP) is 2.95. The zero-order valence-corrected chi connectivity index (χ0v) is 12.5. The molecule has 0 N–H and O–H groups in total. The molecule has 0 spiro atoms. The van der Waals surface area contributed by atoms with Crippen LogP contribution in [0.15, 0.2) is 40.1 Å². The molecular formula is C13H14BrN3O2. The van der Waals surface area contributed by atoms with Crippen LogP contribution in [0.3, 0.4) is 0 Å². The van der Waals surface area contributed by atoms with E-state index in [1.165, 1.54) is 6.20 Å². The molecule has 0 bridgehead atoms. The Hall–Kier alpha value is -1.69. The summed E-state index contributed by atoms with van der Waals surface area (Å²) < 4.78 is 7.85. The SMILES string of the molecule is CC(C)(C)n1ccnc(Oc2cncc(Br)c2)c1=O. The van der Waals surface area contributed by atoms with E-state index >= 15 is 0 Å². The van der Waals surface area contributed by atoms with E-state index < -0.39 is 0 Å². The lowest BCUT2D eigenvalue weighted by atomic mass is 10.1. The Bertz CT molecular complexity index is 647. The van der Waals surface area contributed by atoms with Crippen molar-refractivity contribution in [1.29, 1.82) is 0 Å². The molecule has 0 unspecified atom stereocenters. The molecule has 100 valence electrons. The Labute approximate surface area is 119 Å². The van der Waals surface area contributed by atoms with Crippen LogP contribution < -0.4 is 10.3 Å². The molecule has 0 radical (unpaired) electrons. The van der Waals surface area contributed by atoms with Gasteiger partial charge in [-0.1, -0.05) is 0 Å². The highest BCUT2D eigenvalue weighted by Crippen LogP contribution is 2.20. The molecule has 2 aromatic rings. The lowest BCUT2D eigenvalue weighted by Gasteiger charge is -2.22. The molecule has 6 heteroatoms. The van der Waals surface area contributed by atoms with Crippen LogP contribution in [0.4, 0.5) is 0 Å². The number of hydrogen-bond donors (Lipinski definition) is 0. The fraction of sp³-hybridized carbons (Fsp3) is 0.308. The normalized spacial score (nSPS) is 11.4. The molecule has 0 saturated heterocycles. The first kappa shape index (κ1) is 13.7. The summed E-state index contributed by atoms with van der Waals surface area (Å²) in [4.78, 5) is 20.2. The maximum absolute atomic E-state index is 12.2. The number of pyridine rings is 1. The van der Waals surface area contributed by atoms with Crippen LogP contribution in [-0.2, 0) is 5.54 Å². The molecule has 0 saturated carbocycles. The van der Waals surface area contributed by atoms with Crippen molar-refractivity contribution in [1.82, 2.24) is 14.5 Å². The highest BCUT2D eigenvalue weighted by Gasteiger charge is 2.17. The summed E-state index contributed by atoms with van der Waals surface area (Å²) in [6.07, 6.45) is 6.36. The van der Waals surface area contributed by atoms with Crippen LogP contribution in [0.2, 0.25) is 0 Å². The topological polar surface area (TPSA) is 57.0 Å². The summed E-state index contributed by atoms with van der Waals surface area (Å²) >= 11 is 3.29. The first-order valence-electron chi connectivity index (χ1n) is 5.74. The molecule has 0 aliphatic carbocycles.